The summed E-state index contributed by atoms with van der Waals surface area (Å²) < 4.78 is 10.6. The molecule has 2 N–H and O–H groups in total. The van der Waals surface area contributed by atoms with Crippen LogP contribution in [0, 0.1) is 0 Å². The molecule has 0 radical (unpaired) electrons. The Morgan fingerprint density at radius 2 is 1.83 bits per heavy atom. The number of carbonyl (C=O) groups excluding carboxylic acids is 1. The van der Waals surface area contributed by atoms with Gasteiger partial charge < -0.3 is 19.8 Å². The summed E-state index contributed by atoms with van der Waals surface area (Å²) in [5.74, 6) is 1.34. The molecule has 150 valence electrons. The van der Waals surface area contributed by atoms with Gasteiger partial charge in [0.15, 0.2) is 0 Å². The average Bonchev–Trinajstić information content (AvgIpc) is 2.71. The highest BCUT2D eigenvalue weighted by Crippen LogP contribution is 2.28. The fraction of sp³-hybridized carbons (Fsp3) is 0.227. The van der Waals surface area contributed by atoms with Gasteiger partial charge in [-0.05, 0) is 38.1 Å². The number of aromatic nitrogens is 2. The van der Waals surface area contributed by atoms with Gasteiger partial charge in [0.1, 0.15) is 17.3 Å². The minimum atomic E-state index is -0.270. The van der Waals surface area contributed by atoms with E-state index in [1.165, 1.54) is 6.08 Å². The molecule has 7 nitrogen and oxygen atoms in total. The van der Waals surface area contributed by atoms with E-state index in [4.69, 9.17) is 9.47 Å². The molecule has 2 aromatic carbocycles. The van der Waals surface area contributed by atoms with Crippen LogP contribution in [-0.4, -0.2) is 36.1 Å². The zero-order valence-corrected chi connectivity index (χ0v) is 16.8. The molecule has 0 aliphatic rings. The number of H-pyrrole nitrogens is 1. The predicted molar refractivity (Wildman–Crippen MR) is 113 cm³/mol. The quantitative estimate of drug-likeness (QED) is 0.628. The van der Waals surface area contributed by atoms with Crippen LogP contribution < -0.4 is 20.3 Å². The zero-order chi connectivity index (χ0) is 21.0. The third-order valence-corrected chi connectivity index (χ3v) is 4.24. The second kappa shape index (κ2) is 8.60. The molecule has 0 bridgehead atoms. The number of amides is 1. The Bertz CT molecular complexity index is 1110. The van der Waals surface area contributed by atoms with Crippen molar-refractivity contribution in [2.45, 2.75) is 19.9 Å². The maximum Gasteiger partial charge on any atom is 0.259 e. The first kappa shape index (κ1) is 20.1. The second-order valence-electron chi connectivity index (χ2n) is 6.76. The van der Waals surface area contributed by atoms with Crippen LogP contribution >= 0.6 is 0 Å². The Kier molecular flexibility index (Phi) is 5.97. The van der Waals surface area contributed by atoms with Crippen LogP contribution in [0.2, 0.25) is 0 Å². The Morgan fingerprint density at radius 3 is 2.45 bits per heavy atom. The third kappa shape index (κ3) is 4.63. The van der Waals surface area contributed by atoms with Gasteiger partial charge in [-0.25, -0.2) is 4.98 Å². The largest absolute Gasteiger partial charge is 0.497 e. The molecule has 0 saturated carbocycles. The smallest absolute Gasteiger partial charge is 0.259 e. The normalized spacial score (nSPS) is 11.2. The fourth-order valence-corrected chi connectivity index (χ4v) is 2.90. The number of hydrogen-bond donors (Lipinski definition) is 2. The Hall–Kier alpha value is -3.61. The number of methoxy groups -OCH3 is 2. The van der Waals surface area contributed by atoms with Crippen LogP contribution in [0.25, 0.3) is 28.4 Å². The van der Waals surface area contributed by atoms with Gasteiger partial charge >= 0.3 is 0 Å². The third-order valence-electron chi connectivity index (χ3n) is 4.24. The monoisotopic (exact) mass is 393 g/mol. The topological polar surface area (TPSA) is 93.3 Å². The van der Waals surface area contributed by atoms with Crippen molar-refractivity contribution in [3.8, 4) is 22.9 Å². The summed E-state index contributed by atoms with van der Waals surface area (Å²) in [5, 5.41) is 3.23. The molecule has 7 heteroatoms. The van der Waals surface area contributed by atoms with E-state index in [1.807, 2.05) is 19.9 Å². The first-order valence-corrected chi connectivity index (χ1v) is 9.16. The minimum Gasteiger partial charge on any atom is -0.497 e. The number of aromatic amines is 1. The van der Waals surface area contributed by atoms with Gasteiger partial charge in [-0.3, -0.25) is 9.59 Å². The van der Waals surface area contributed by atoms with Crippen molar-refractivity contribution >= 4 is 22.9 Å². The Labute approximate surface area is 168 Å². The lowest BCUT2D eigenvalue weighted by Gasteiger charge is -2.09. The SMILES string of the molecule is COc1cc(OC)cc(-c2nc3c(/C=C/C(=O)NC(C)C)cccc3c(=O)[nH]2)c1. The summed E-state index contributed by atoms with van der Waals surface area (Å²) in [6.07, 6.45) is 3.09. The molecule has 0 fully saturated rings. The average molecular weight is 393 g/mol. The Balaban J connectivity index is 2.12. The molecule has 3 rings (SSSR count). The second-order valence-corrected chi connectivity index (χ2v) is 6.76. The van der Waals surface area contributed by atoms with Crippen molar-refractivity contribution < 1.29 is 14.3 Å². The van der Waals surface area contributed by atoms with E-state index in [-0.39, 0.29) is 17.5 Å². The highest BCUT2D eigenvalue weighted by molar-refractivity contribution is 5.95. The van der Waals surface area contributed by atoms with E-state index < -0.39 is 0 Å². The first-order chi connectivity index (χ1) is 13.9. The summed E-state index contributed by atoms with van der Waals surface area (Å²) in [5.41, 5.74) is 1.55. The highest BCUT2D eigenvalue weighted by Gasteiger charge is 2.11. The summed E-state index contributed by atoms with van der Waals surface area (Å²) in [7, 11) is 3.11. The van der Waals surface area contributed by atoms with Crippen LogP contribution in [0.3, 0.4) is 0 Å². The molecule has 0 aliphatic carbocycles. The van der Waals surface area contributed by atoms with E-state index in [0.29, 0.717) is 39.4 Å². The van der Waals surface area contributed by atoms with Gasteiger partial charge in [0.05, 0.1) is 25.1 Å². The van der Waals surface area contributed by atoms with E-state index in [2.05, 4.69) is 15.3 Å². The summed E-state index contributed by atoms with van der Waals surface area (Å²) in [4.78, 5) is 32.1. The lowest BCUT2D eigenvalue weighted by molar-refractivity contribution is -0.116. The lowest BCUT2D eigenvalue weighted by atomic mass is 10.1. The van der Waals surface area contributed by atoms with Crippen molar-refractivity contribution in [2.75, 3.05) is 14.2 Å². The molecule has 0 aliphatic heterocycles. The van der Waals surface area contributed by atoms with Crippen molar-refractivity contribution in [2.24, 2.45) is 0 Å². The van der Waals surface area contributed by atoms with Gasteiger partial charge in [-0.15, -0.1) is 0 Å². The van der Waals surface area contributed by atoms with Crippen molar-refractivity contribution in [1.82, 2.24) is 15.3 Å². The number of nitrogens with zero attached hydrogens (tertiary/aromatic N) is 1. The molecule has 0 saturated heterocycles. The maximum absolute atomic E-state index is 12.7. The number of nitrogens with one attached hydrogen (secondary N) is 2. The molecular formula is C22H23N3O4. The van der Waals surface area contributed by atoms with Crippen molar-refractivity contribution in [1.29, 1.82) is 0 Å². The molecule has 0 spiro atoms. The molecule has 0 unspecified atom stereocenters. The lowest BCUT2D eigenvalue weighted by Crippen LogP contribution is -2.28. The van der Waals surface area contributed by atoms with Gasteiger partial charge in [0.25, 0.3) is 5.56 Å². The van der Waals surface area contributed by atoms with Crippen molar-refractivity contribution in [3.63, 3.8) is 0 Å². The number of rotatable bonds is 6. The number of para-hydroxylation sites is 1. The van der Waals surface area contributed by atoms with E-state index in [9.17, 15) is 9.59 Å². The molecule has 1 amide bonds. The fourth-order valence-electron chi connectivity index (χ4n) is 2.90. The standard InChI is InChI=1S/C22H23N3O4/c1-13(2)23-19(26)9-8-14-6-5-7-18-20(14)24-21(25-22(18)27)15-10-16(28-3)12-17(11-15)29-4/h5-13H,1-4H3,(H,23,26)(H,24,25,27)/b9-8+. The molecule has 0 atom stereocenters. The van der Waals surface area contributed by atoms with Crippen LogP contribution in [-0.2, 0) is 4.79 Å². The summed E-state index contributed by atoms with van der Waals surface area (Å²) in [6.45, 7) is 3.78. The summed E-state index contributed by atoms with van der Waals surface area (Å²) >= 11 is 0. The van der Waals surface area contributed by atoms with Crippen LogP contribution in [0.5, 0.6) is 11.5 Å². The van der Waals surface area contributed by atoms with E-state index in [1.54, 1.807) is 50.6 Å². The number of ether oxygens (including phenoxy) is 2. The zero-order valence-electron chi connectivity index (χ0n) is 16.8. The van der Waals surface area contributed by atoms with Crippen LogP contribution in [0.15, 0.2) is 47.3 Å². The van der Waals surface area contributed by atoms with Gasteiger partial charge in [-0.1, -0.05) is 12.1 Å². The van der Waals surface area contributed by atoms with Gasteiger partial charge in [-0.2, -0.15) is 0 Å². The Morgan fingerprint density at radius 1 is 1.14 bits per heavy atom. The van der Waals surface area contributed by atoms with Gasteiger partial charge in [0, 0.05) is 29.3 Å². The molecule has 1 heterocycles. The summed E-state index contributed by atoms with van der Waals surface area (Å²) in [6, 6.07) is 10.6. The first-order valence-electron chi connectivity index (χ1n) is 9.16. The number of benzene rings is 2. The van der Waals surface area contributed by atoms with Crippen molar-refractivity contribution in [3.05, 3.63) is 58.4 Å². The number of fused-ring (bicyclic) bond motifs is 1. The molecular weight excluding hydrogens is 370 g/mol. The molecule has 1 aromatic heterocycles. The minimum absolute atomic E-state index is 0.0373. The molecule has 29 heavy (non-hydrogen) atoms. The van der Waals surface area contributed by atoms with Crippen LogP contribution in [0.1, 0.15) is 19.4 Å². The van der Waals surface area contributed by atoms with E-state index in [0.717, 1.165) is 0 Å². The van der Waals surface area contributed by atoms with Crippen LogP contribution in [0.4, 0.5) is 0 Å². The maximum atomic E-state index is 12.7. The number of hydrogen-bond acceptors (Lipinski definition) is 5. The highest BCUT2D eigenvalue weighted by atomic mass is 16.5. The van der Waals surface area contributed by atoms with Gasteiger partial charge in [0.2, 0.25) is 5.91 Å². The number of carbonyl (C=O) groups is 1. The van der Waals surface area contributed by atoms with E-state index >= 15 is 0 Å². The predicted octanol–water partition coefficient (Wildman–Crippen LogP) is 3.15. The molecule has 3 aromatic rings.